The van der Waals surface area contributed by atoms with Crippen LogP contribution in [0.1, 0.15) is 23.2 Å². The summed E-state index contributed by atoms with van der Waals surface area (Å²) in [5.74, 6) is 0.818. The van der Waals surface area contributed by atoms with Crippen LogP contribution in [0.4, 0.5) is 0 Å². The Bertz CT molecular complexity index is 1220. The molecule has 0 saturated carbocycles. The van der Waals surface area contributed by atoms with Crippen LogP contribution < -0.4 is 15.6 Å². The summed E-state index contributed by atoms with van der Waals surface area (Å²) in [6.07, 6.45) is 7.16. The van der Waals surface area contributed by atoms with Gasteiger partial charge in [0.2, 0.25) is 0 Å². The molecule has 3 heterocycles. The SMILES string of the molecule is Cl.Cl.Cl.Cn1c(=O)ccc2cc(OCCCNCc3cccnc3Cc3ccncc3)ccc21. The molecule has 4 aromatic rings. The van der Waals surface area contributed by atoms with E-state index in [0.29, 0.717) is 6.61 Å². The van der Waals surface area contributed by atoms with Gasteiger partial charge in [-0.05, 0) is 66.6 Å². The zero-order chi connectivity index (χ0) is 21.5. The predicted molar refractivity (Wildman–Crippen MR) is 144 cm³/mol. The molecule has 34 heavy (non-hydrogen) atoms. The summed E-state index contributed by atoms with van der Waals surface area (Å²) in [4.78, 5) is 20.4. The Kier molecular flexibility index (Phi) is 12.6. The van der Waals surface area contributed by atoms with Gasteiger partial charge in [-0.2, -0.15) is 0 Å². The standard InChI is InChI=1S/C25H26N4O2.3ClH/c1-29-24-7-6-22(17-20(24)5-8-25(29)30)31-15-3-11-27-18-21-4-2-12-28-23(21)16-19-9-13-26-14-10-19;;;/h2,4-10,12-14,17,27H,3,11,15-16,18H2,1H3;3*1H. The van der Waals surface area contributed by atoms with Crippen LogP contribution in [0.15, 0.2) is 78.0 Å². The van der Waals surface area contributed by atoms with Crippen molar-refractivity contribution in [2.45, 2.75) is 19.4 Å². The number of aryl methyl sites for hydroxylation is 1. The van der Waals surface area contributed by atoms with Crippen LogP contribution >= 0.6 is 37.2 Å². The number of halogens is 3. The maximum absolute atomic E-state index is 11.7. The molecule has 0 radical (unpaired) electrons. The van der Waals surface area contributed by atoms with Crippen LogP contribution in [0.5, 0.6) is 5.75 Å². The Labute approximate surface area is 218 Å². The first-order chi connectivity index (χ1) is 15.2. The van der Waals surface area contributed by atoms with Crippen molar-refractivity contribution in [3.63, 3.8) is 0 Å². The monoisotopic (exact) mass is 522 g/mol. The van der Waals surface area contributed by atoms with E-state index >= 15 is 0 Å². The fraction of sp³-hybridized carbons (Fsp3) is 0.240. The van der Waals surface area contributed by atoms with Gasteiger partial charge in [0.05, 0.1) is 12.1 Å². The van der Waals surface area contributed by atoms with Crippen LogP contribution in [0.25, 0.3) is 10.9 Å². The molecular weight excluding hydrogens is 495 g/mol. The molecule has 6 nitrogen and oxygen atoms in total. The first-order valence-electron chi connectivity index (χ1n) is 10.5. The molecule has 0 aliphatic carbocycles. The molecule has 182 valence electrons. The van der Waals surface area contributed by atoms with Crippen molar-refractivity contribution >= 4 is 48.1 Å². The van der Waals surface area contributed by atoms with Gasteiger partial charge >= 0.3 is 0 Å². The zero-order valence-electron chi connectivity index (χ0n) is 18.8. The first kappa shape index (κ1) is 29.4. The number of benzene rings is 1. The Morgan fingerprint density at radius 1 is 0.971 bits per heavy atom. The van der Waals surface area contributed by atoms with Gasteiger partial charge in [0.1, 0.15) is 5.75 Å². The lowest BCUT2D eigenvalue weighted by atomic mass is 10.1. The summed E-state index contributed by atoms with van der Waals surface area (Å²) in [5.41, 5.74) is 4.40. The lowest BCUT2D eigenvalue weighted by Crippen LogP contribution is -2.18. The molecule has 4 rings (SSSR count). The Morgan fingerprint density at radius 2 is 1.76 bits per heavy atom. The highest BCUT2D eigenvalue weighted by Gasteiger charge is 2.05. The second-order valence-corrected chi connectivity index (χ2v) is 7.47. The van der Waals surface area contributed by atoms with Gasteiger partial charge in [-0.3, -0.25) is 14.8 Å². The molecule has 0 bridgehead atoms. The van der Waals surface area contributed by atoms with Crippen molar-refractivity contribution in [2.75, 3.05) is 13.2 Å². The van der Waals surface area contributed by atoms with Crippen LogP contribution in [-0.4, -0.2) is 27.7 Å². The molecule has 1 N–H and O–H groups in total. The molecule has 0 atom stereocenters. The van der Waals surface area contributed by atoms with E-state index in [4.69, 9.17) is 4.74 Å². The minimum Gasteiger partial charge on any atom is -0.494 e. The Balaban J connectivity index is 0.00000193. The number of rotatable bonds is 9. The molecule has 0 fully saturated rings. The lowest BCUT2D eigenvalue weighted by Gasteiger charge is -2.11. The summed E-state index contributed by atoms with van der Waals surface area (Å²) in [7, 11) is 1.78. The number of aromatic nitrogens is 3. The minimum absolute atomic E-state index is 0. The molecule has 0 unspecified atom stereocenters. The molecule has 3 aromatic heterocycles. The molecule has 0 spiro atoms. The Hall–Kier alpha value is -2.64. The largest absolute Gasteiger partial charge is 0.494 e. The number of nitrogens with one attached hydrogen (secondary N) is 1. The number of nitrogens with zero attached hydrogens (tertiary/aromatic N) is 3. The second-order valence-electron chi connectivity index (χ2n) is 7.47. The molecule has 9 heteroatoms. The predicted octanol–water partition coefficient (Wildman–Crippen LogP) is 4.74. The highest BCUT2D eigenvalue weighted by molar-refractivity contribution is 5.86. The van der Waals surface area contributed by atoms with Crippen molar-refractivity contribution in [3.8, 4) is 5.75 Å². The van der Waals surface area contributed by atoms with Crippen molar-refractivity contribution < 1.29 is 4.74 Å². The van der Waals surface area contributed by atoms with E-state index in [-0.39, 0.29) is 42.8 Å². The molecule has 0 aliphatic rings. The quantitative estimate of drug-likeness (QED) is 0.321. The van der Waals surface area contributed by atoms with E-state index < -0.39 is 0 Å². The average molecular weight is 524 g/mol. The van der Waals surface area contributed by atoms with Crippen LogP contribution in [-0.2, 0) is 20.0 Å². The topological polar surface area (TPSA) is 69.0 Å². The van der Waals surface area contributed by atoms with Crippen LogP contribution in [0.3, 0.4) is 0 Å². The van der Waals surface area contributed by atoms with Gasteiger partial charge in [0.25, 0.3) is 5.56 Å². The third-order valence-electron chi connectivity index (χ3n) is 5.28. The third kappa shape index (κ3) is 7.71. The zero-order valence-corrected chi connectivity index (χ0v) is 21.3. The van der Waals surface area contributed by atoms with Crippen LogP contribution in [0, 0.1) is 0 Å². The number of pyridine rings is 3. The summed E-state index contributed by atoms with van der Waals surface area (Å²) in [6.45, 7) is 2.26. The third-order valence-corrected chi connectivity index (χ3v) is 5.28. The second kappa shape index (κ2) is 14.6. The number of hydrogen-bond donors (Lipinski definition) is 1. The van der Waals surface area contributed by atoms with Crippen molar-refractivity contribution in [1.29, 1.82) is 0 Å². The van der Waals surface area contributed by atoms with E-state index in [1.165, 1.54) is 11.1 Å². The molecule has 1 aromatic carbocycles. The van der Waals surface area contributed by atoms with Gasteiger partial charge in [-0.25, -0.2) is 0 Å². The summed E-state index contributed by atoms with van der Waals surface area (Å²) >= 11 is 0. The average Bonchev–Trinajstić information content (AvgIpc) is 2.80. The van der Waals surface area contributed by atoms with Gasteiger partial charge in [0, 0.05) is 55.8 Å². The maximum Gasteiger partial charge on any atom is 0.250 e. The van der Waals surface area contributed by atoms with Gasteiger partial charge in [-0.1, -0.05) is 6.07 Å². The van der Waals surface area contributed by atoms with E-state index in [0.717, 1.165) is 48.3 Å². The van der Waals surface area contributed by atoms with E-state index in [1.807, 2.05) is 61.1 Å². The summed E-state index contributed by atoms with van der Waals surface area (Å²) in [6, 6.07) is 17.4. The molecule has 0 saturated heterocycles. The molecule has 0 amide bonds. The highest BCUT2D eigenvalue weighted by Crippen LogP contribution is 2.19. The fourth-order valence-corrected chi connectivity index (χ4v) is 3.55. The van der Waals surface area contributed by atoms with E-state index in [1.54, 1.807) is 17.7 Å². The normalized spacial score (nSPS) is 10.0. The number of hydrogen-bond acceptors (Lipinski definition) is 5. The Morgan fingerprint density at radius 3 is 2.56 bits per heavy atom. The highest BCUT2D eigenvalue weighted by atomic mass is 35.5. The first-order valence-corrected chi connectivity index (χ1v) is 10.5. The van der Waals surface area contributed by atoms with Gasteiger partial charge in [0.15, 0.2) is 0 Å². The number of ether oxygens (including phenoxy) is 1. The maximum atomic E-state index is 11.7. The summed E-state index contributed by atoms with van der Waals surface area (Å²) < 4.78 is 7.54. The smallest absolute Gasteiger partial charge is 0.250 e. The summed E-state index contributed by atoms with van der Waals surface area (Å²) in [5, 5.41) is 4.48. The molecular formula is C25H29Cl3N4O2. The van der Waals surface area contributed by atoms with E-state index in [9.17, 15) is 4.79 Å². The van der Waals surface area contributed by atoms with Gasteiger partial charge < -0.3 is 14.6 Å². The lowest BCUT2D eigenvalue weighted by molar-refractivity contribution is 0.308. The van der Waals surface area contributed by atoms with Crippen molar-refractivity contribution in [2.24, 2.45) is 7.05 Å². The minimum atomic E-state index is -0.00945. The number of fused-ring (bicyclic) bond motifs is 1. The van der Waals surface area contributed by atoms with Gasteiger partial charge in [-0.15, -0.1) is 37.2 Å². The fourth-order valence-electron chi connectivity index (χ4n) is 3.55. The van der Waals surface area contributed by atoms with Crippen molar-refractivity contribution in [1.82, 2.24) is 19.9 Å². The molecule has 0 aliphatic heterocycles. The van der Waals surface area contributed by atoms with Crippen LogP contribution in [0.2, 0.25) is 0 Å². The van der Waals surface area contributed by atoms with E-state index in [2.05, 4.69) is 21.4 Å². The van der Waals surface area contributed by atoms with Crippen molar-refractivity contribution in [3.05, 3.63) is 100 Å².